The number of nitrogens with zero attached hydrogens (tertiary/aromatic N) is 2. The van der Waals surface area contributed by atoms with Gasteiger partial charge in [0.1, 0.15) is 0 Å². The van der Waals surface area contributed by atoms with E-state index in [9.17, 15) is 8.42 Å². The average Bonchev–Trinajstić information content (AvgIpc) is 2.71. The van der Waals surface area contributed by atoms with E-state index < -0.39 is 10.0 Å². The van der Waals surface area contributed by atoms with Crippen LogP contribution in [0.4, 0.5) is 0 Å². The molecule has 0 aromatic heterocycles. The van der Waals surface area contributed by atoms with Gasteiger partial charge in [-0.05, 0) is 31.9 Å². The van der Waals surface area contributed by atoms with Crippen LogP contribution >= 0.6 is 0 Å². The number of methoxy groups -OCH3 is 1. The summed E-state index contributed by atoms with van der Waals surface area (Å²) in [6.45, 7) is 9.42. The summed E-state index contributed by atoms with van der Waals surface area (Å²) in [6.07, 6.45) is 0. The lowest BCUT2D eigenvalue weighted by Gasteiger charge is -2.26. The maximum Gasteiger partial charge on any atom is 0.218 e. The van der Waals surface area contributed by atoms with Crippen molar-refractivity contribution in [3.8, 4) is 0 Å². The first-order valence-corrected chi connectivity index (χ1v) is 11.6. The third-order valence-electron chi connectivity index (χ3n) is 4.81. The van der Waals surface area contributed by atoms with Crippen LogP contribution < -0.4 is 10.6 Å². The molecule has 164 valence electrons. The highest BCUT2D eigenvalue weighted by Gasteiger charge is 2.25. The first kappa shape index (κ1) is 23.6. The van der Waals surface area contributed by atoms with Crippen molar-refractivity contribution in [3.63, 3.8) is 0 Å². The molecule has 0 aliphatic carbocycles. The number of sulfonamides is 1. The van der Waals surface area contributed by atoms with Gasteiger partial charge >= 0.3 is 0 Å². The van der Waals surface area contributed by atoms with Crippen molar-refractivity contribution in [2.45, 2.75) is 38.7 Å². The molecule has 1 saturated heterocycles. The van der Waals surface area contributed by atoms with E-state index in [1.165, 1.54) is 4.31 Å². The van der Waals surface area contributed by atoms with E-state index in [-0.39, 0.29) is 11.4 Å². The summed E-state index contributed by atoms with van der Waals surface area (Å²) in [5.41, 5.74) is 1.35. The largest absolute Gasteiger partial charge is 0.379 e. The first-order chi connectivity index (χ1) is 13.8. The third kappa shape index (κ3) is 7.58. The Balaban J connectivity index is 2.11. The molecule has 0 radical (unpaired) electrons. The minimum absolute atomic E-state index is 0.0284. The molecular weight excluding hydrogens is 392 g/mol. The topological polar surface area (TPSA) is 92.3 Å². The van der Waals surface area contributed by atoms with Crippen molar-refractivity contribution in [2.75, 3.05) is 46.5 Å². The standard InChI is InChI=1S/C20H34N4O4S/c1-5-21-19(23-16-20(2,3)27-4)22-14-17-8-6-7-9-18(17)15-29(25,26)24-10-12-28-13-11-24/h6-9H,5,10-16H2,1-4H3,(H2,21,22,23). The van der Waals surface area contributed by atoms with Crippen LogP contribution in [0.5, 0.6) is 0 Å². The Morgan fingerprint density at radius 2 is 1.86 bits per heavy atom. The number of hydrogen-bond acceptors (Lipinski definition) is 5. The van der Waals surface area contributed by atoms with Crippen molar-refractivity contribution in [3.05, 3.63) is 35.4 Å². The molecule has 8 nitrogen and oxygen atoms in total. The van der Waals surface area contributed by atoms with Gasteiger partial charge in [0.25, 0.3) is 0 Å². The predicted molar refractivity (Wildman–Crippen MR) is 115 cm³/mol. The van der Waals surface area contributed by atoms with Crippen LogP contribution in [0.25, 0.3) is 0 Å². The van der Waals surface area contributed by atoms with Crippen molar-refractivity contribution in [1.29, 1.82) is 0 Å². The number of rotatable bonds is 9. The molecule has 1 fully saturated rings. The molecule has 0 bridgehead atoms. The second kappa shape index (κ2) is 10.9. The SMILES string of the molecule is CCNC(=NCc1ccccc1CS(=O)(=O)N1CCOCC1)NCC(C)(C)OC. The smallest absolute Gasteiger partial charge is 0.218 e. The normalized spacial score (nSPS) is 16.6. The number of benzene rings is 1. The van der Waals surface area contributed by atoms with Crippen molar-refractivity contribution in [1.82, 2.24) is 14.9 Å². The van der Waals surface area contributed by atoms with E-state index in [1.54, 1.807) is 7.11 Å². The fraction of sp³-hybridized carbons (Fsp3) is 0.650. The summed E-state index contributed by atoms with van der Waals surface area (Å²) in [5.74, 6) is 0.641. The van der Waals surface area contributed by atoms with Crippen molar-refractivity contribution >= 4 is 16.0 Å². The van der Waals surface area contributed by atoms with Gasteiger partial charge in [-0.2, -0.15) is 4.31 Å². The van der Waals surface area contributed by atoms with Gasteiger partial charge in [-0.15, -0.1) is 0 Å². The zero-order chi connectivity index (χ0) is 21.3. The summed E-state index contributed by atoms with van der Waals surface area (Å²) >= 11 is 0. The molecule has 0 unspecified atom stereocenters. The number of ether oxygens (including phenoxy) is 2. The summed E-state index contributed by atoms with van der Waals surface area (Å²) in [7, 11) is -1.71. The molecule has 1 aromatic carbocycles. The van der Waals surface area contributed by atoms with Crippen LogP contribution in [0.1, 0.15) is 31.9 Å². The highest BCUT2D eigenvalue weighted by Crippen LogP contribution is 2.17. The van der Waals surface area contributed by atoms with Gasteiger partial charge < -0.3 is 20.1 Å². The number of guanidine groups is 1. The molecule has 29 heavy (non-hydrogen) atoms. The van der Waals surface area contributed by atoms with Gasteiger partial charge in [0.15, 0.2) is 5.96 Å². The highest BCUT2D eigenvalue weighted by molar-refractivity contribution is 7.88. The lowest BCUT2D eigenvalue weighted by molar-refractivity contribution is 0.0268. The van der Waals surface area contributed by atoms with Gasteiger partial charge in [-0.1, -0.05) is 24.3 Å². The van der Waals surface area contributed by atoms with Crippen LogP contribution in [0.3, 0.4) is 0 Å². The molecule has 9 heteroatoms. The van der Waals surface area contributed by atoms with E-state index in [2.05, 4.69) is 15.6 Å². The maximum absolute atomic E-state index is 12.8. The zero-order valence-electron chi connectivity index (χ0n) is 17.9. The number of morpholine rings is 1. The van der Waals surface area contributed by atoms with Gasteiger partial charge in [0, 0.05) is 33.3 Å². The van der Waals surface area contributed by atoms with E-state index in [4.69, 9.17) is 9.47 Å². The number of hydrogen-bond donors (Lipinski definition) is 2. The molecule has 2 N–H and O–H groups in total. The maximum atomic E-state index is 12.8. The van der Waals surface area contributed by atoms with E-state index in [0.29, 0.717) is 45.4 Å². The van der Waals surface area contributed by atoms with Crippen LogP contribution in [0.2, 0.25) is 0 Å². The molecule has 2 rings (SSSR count). The lowest BCUT2D eigenvalue weighted by Crippen LogP contribution is -2.45. The Morgan fingerprint density at radius 3 is 2.48 bits per heavy atom. The molecule has 0 atom stereocenters. The quantitative estimate of drug-likeness (QED) is 0.457. The van der Waals surface area contributed by atoms with E-state index in [1.807, 2.05) is 45.0 Å². The van der Waals surface area contributed by atoms with Gasteiger partial charge in [-0.25, -0.2) is 13.4 Å². The Morgan fingerprint density at radius 1 is 1.21 bits per heavy atom. The van der Waals surface area contributed by atoms with Crippen molar-refractivity contribution in [2.24, 2.45) is 4.99 Å². The van der Waals surface area contributed by atoms with E-state index in [0.717, 1.165) is 17.7 Å². The van der Waals surface area contributed by atoms with Gasteiger partial charge in [0.05, 0.1) is 31.1 Å². The zero-order valence-corrected chi connectivity index (χ0v) is 18.7. The summed E-state index contributed by atoms with van der Waals surface area (Å²) in [4.78, 5) is 4.63. The monoisotopic (exact) mass is 426 g/mol. The molecule has 1 aliphatic heterocycles. The van der Waals surface area contributed by atoms with Crippen LogP contribution in [-0.4, -0.2) is 70.8 Å². The summed E-state index contributed by atoms with van der Waals surface area (Å²) in [6, 6.07) is 7.56. The van der Waals surface area contributed by atoms with Crippen LogP contribution in [0.15, 0.2) is 29.3 Å². The Kier molecular flexibility index (Phi) is 8.88. The fourth-order valence-corrected chi connectivity index (χ4v) is 4.40. The Bertz CT molecular complexity index is 774. The number of aliphatic imine (C=N–C) groups is 1. The summed E-state index contributed by atoms with van der Waals surface area (Å²) < 4.78 is 37.8. The molecule has 0 spiro atoms. The van der Waals surface area contributed by atoms with Gasteiger partial charge in [0.2, 0.25) is 10.0 Å². The molecule has 1 aliphatic rings. The third-order valence-corrected chi connectivity index (χ3v) is 6.63. The average molecular weight is 427 g/mol. The van der Waals surface area contributed by atoms with Crippen LogP contribution in [0, 0.1) is 0 Å². The molecule has 1 heterocycles. The fourth-order valence-electron chi connectivity index (χ4n) is 2.84. The second-order valence-corrected chi connectivity index (χ2v) is 9.52. The molecular formula is C20H34N4O4S. The Labute approximate surface area is 174 Å². The molecule has 1 aromatic rings. The summed E-state index contributed by atoms with van der Waals surface area (Å²) in [5, 5.41) is 6.49. The van der Waals surface area contributed by atoms with Crippen LogP contribution in [-0.2, 0) is 31.8 Å². The molecule has 0 saturated carbocycles. The Hall–Kier alpha value is -1.68. The second-order valence-electron chi connectivity index (χ2n) is 7.55. The number of nitrogens with one attached hydrogen (secondary N) is 2. The lowest BCUT2D eigenvalue weighted by atomic mass is 10.1. The highest BCUT2D eigenvalue weighted by atomic mass is 32.2. The first-order valence-electron chi connectivity index (χ1n) is 9.97. The minimum Gasteiger partial charge on any atom is -0.379 e. The minimum atomic E-state index is -3.38. The van der Waals surface area contributed by atoms with E-state index >= 15 is 0 Å². The van der Waals surface area contributed by atoms with Crippen molar-refractivity contribution < 1.29 is 17.9 Å². The predicted octanol–water partition coefficient (Wildman–Crippen LogP) is 1.33. The van der Waals surface area contributed by atoms with Gasteiger partial charge in [-0.3, -0.25) is 0 Å². The molecule has 0 amide bonds.